The first-order chi connectivity index (χ1) is 9.20. The van der Waals surface area contributed by atoms with Gasteiger partial charge in [0, 0.05) is 6.04 Å². The third-order valence-corrected chi connectivity index (χ3v) is 3.05. The summed E-state index contributed by atoms with van der Waals surface area (Å²) in [6.45, 7) is 2.00. The van der Waals surface area contributed by atoms with E-state index in [0.717, 1.165) is 11.1 Å². The van der Waals surface area contributed by atoms with Crippen molar-refractivity contribution in [2.75, 3.05) is 0 Å². The van der Waals surface area contributed by atoms with Crippen LogP contribution in [0.2, 0.25) is 0 Å². The molecule has 0 saturated heterocycles. The minimum atomic E-state index is -0.448. The van der Waals surface area contributed by atoms with Gasteiger partial charge in [-0.15, -0.1) is 0 Å². The number of rotatable bonds is 4. The molecule has 0 aliphatic rings. The molecule has 1 N–H and O–H groups in total. The van der Waals surface area contributed by atoms with Gasteiger partial charge in [-0.05, 0) is 30.2 Å². The molecule has 0 radical (unpaired) electrons. The first-order valence-corrected chi connectivity index (χ1v) is 6.17. The van der Waals surface area contributed by atoms with Crippen LogP contribution in [0.25, 0.3) is 0 Å². The van der Waals surface area contributed by atoms with Gasteiger partial charge in [0.2, 0.25) is 0 Å². The fourth-order valence-electron chi connectivity index (χ4n) is 1.95. The van der Waals surface area contributed by atoms with Crippen LogP contribution in [0.3, 0.4) is 0 Å². The standard InChI is InChI=1S/C16H15FN2/c1-12(13-5-3-2-4-6-13)19-16(11-18)14-7-9-15(17)10-8-14/h2-10,12,16,19H,1H3. The van der Waals surface area contributed by atoms with Crippen molar-refractivity contribution < 1.29 is 4.39 Å². The van der Waals surface area contributed by atoms with Crippen LogP contribution in [0.1, 0.15) is 30.1 Å². The van der Waals surface area contributed by atoms with Crippen molar-refractivity contribution in [2.45, 2.75) is 19.0 Å². The number of hydrogen-bond donors (Lipinski definition) is 1. The first-order valence-electron chi connectivity index (χ1n) is 6.17. The normalized spacial score (nSPS) is 13.5. The van der Waals surface area contributed by atoms with Crippen LogP contribution >= 0.6 is 0 Å². The molecule has 0 aliphatic carbocycles. The van der Waals surface area contributed by atoms with Crippen LogP contribution in [0.4, 0.5) is 4.39 Å². The number of nitrogens with zero attached hydrogens (tertiary/aromatic N) is 1. The quantitative estimate of drug-likeness (QED) is 0.902. The SMILES string of the molecule is CC(NC(C#N)c1ccc(F)cc1)c1ccccc1. The Kier molecular flexibility index (Phi) is 4.27. The Morgan fingerprint density at radius 1 is 1.00 bits per heavy atom. The lowest BCUT2D eigenvalue weighted by atomic mass is 10.0. The molecule has 2 rings (SSSR count). The Morgan fingerprint density at radius 2 is 1.63 bits per heavy atom. The van der Waals surface area contributed by atoms with Crippen molar-refractivity contribution in [1.29, 1.82) is 5.26 Å². The molecule has 2 unspecified atom stereocenters. The van der Waals surface area contributed by atoms with E-state index >= 15 is 0 Å². The second-order valence-electron chi connectivity index (χ2n) is 4.41. The molecule has 2 nitrogen and oxygen atoms in total. The summed E-state index contributed by atoms with van der Waals surface area (Å²) in [6.07, 6.45) is 0. The van der Waals surface area contributed by atoms with E-state index in [1.807, 2.05) is 37.3 Å². The van der Waals surface area contributed by atoms with Crippen LogP contribution in [-0.4, -0.2) is 0 Å². The molecule has 0 bridgehead atoms. The van der Waals surface area contributed by atoms with Crippen LogP contribution in [-0.2, 0) is 0 Å². The Bertz CT molecular complexity index is 558. The molecule has 0 amide bonds. The molecule has 0 spiro atoms. The zero-order valence-corrected chi connectivity index (χ0v) is 10.7. The highest BCUT2D eigenvalue weighted by atomic mass is 19.1. The minimum Gasteiger partial charge on any atom is -0.292 e. The molecule has 0 aliphatic heterocycles. The van der Waals surface area contributed by atoms with Gasteiger partial charge in [0.1, 0.15) is 11.9 Å². The molecular weight excluding hydrogens is 239 g/mol. The third-order valence-electron chi connectivity index (χ3n) is 3.05. The second kappa shape index (κ2) is 6.12. The van der Waals surface area contributed by atoms with E-state index in [-0.39, 0.29) is 11.9 Å². The van der Waals surface area contributed by atoms with Crippen molar-refractivity contribution in [3.8, 4) is 6.07 Å². The Morgan fingerprint density at radius 3 is 2.21 bits per heavy atom. The molecule has 3 heteroatoms. The summed E-state index contributed by atoms with van der Waals surface area (Å²) in [7, 11) is 0. The van der Waals surface area contributed by atoms with Crippen LogP contribution < -0.4 is 5.32 Å². The highest BCUT2D eigenvalue weighted by Crippen LogP contribution is 2.19. The van der Waals surface area contributed by atoms with Gasteiger partial charge in [-0.2, -0.15) is 5.26 Å². The van der Waals surface area contributed by atoms with E-state index in [1.54, 1.807) is 12.1 Å². The zero-order chi connectivity index (χ0) is 13.7. The number of halogens is 1. The highest BCUT2D eigenvalue weighted by Gasteiger charge is 2.14. The summed E-state index contributed by atoms with van der Waals surface area (Å²) in [4.78, 5) is 0. The lowest BCUT2D eigenvalue weighted by Gasteiger charge is -2.18. The Labute approximate surface area is 112 Å². The first kappa shape index (κ1) is 13.3. The maximum atomic E-state index is 12.9. The van der Waals surface area contributed by atoms with Gasteiger partial charge in [-0.25, -0.2) is 4.39 Å². The Hall–Kier alpha value is -2.18. The number of benzene rings is 2. The summed E-state index contributed by atoms with van der Waals surface area (Å²) in [5.41, 5.74) is 1.89. The van der Waals surface area contributed by atoms with Crippen molar-refractivity contribution in [3.63, 3.8) is 0 Å². The molecule has 2 atom stereocenters. The number of nitriles is 1. The summed E-state index contributed by atoms with van der Waals surface area (Å²) in [6, 6.07) is 17.7. The van der Waals surface area contributed by atoms with Gasteiger partial charge in [-0.1, -0.05) is 42.5 Å². The summed E-state index contributed by atoms with van der Waals surface area (Å²) in [5, 5.41) is 12.5. The van der Waals surface area contributed by atoms with Gasteiger partial charge in [0.15, 0.2) is 0 Å². The second-order valence-corrected chi connectivity index (χ2v) is 4.41. The average molecular weight is 254 g/mol. The predicted molar refractivity (Wildman–Crippen MR) is 72.7 cm³/mol. The van der Waals surface area contributed by atoms with Gasteiger partial charge in [-0.3, -0.25) is 5.32 Å². The molecule has 0 heterocycles. The van der Waals surface area contributed by atoms with Crippen molar-refractivity contribution in [3.05, 3.63) is 71.5 Å². The molecule has 2 aromatic rings. The summed E-state index contributed by atoms with van der Waals surface area (Å²) in [5.74, 6) is -0.295. The van der Waals surface area contributed by atoms with Gasteiger partial charge in [0.05, 0.1) is 6.07 Å². The fourth-order valence-corrected chi connectivity index (χ4v) is 1.95. The number of hydrogen-bond acceptors (Lipinski definition) is 2. The van der Waals surface area contributed by atoms with E-state index in [1.165, 1.54) is 12.1 Å². The molecular formula is C16H15FN2. The van der Waals surface area contributed by atoms with Crippen LogP contribution in [0, 0.1) is 17.1 Å². The minimum absolute atomic E-state index is 0.0518. The summed E-state index contributed by atoms with van der Waals surface area (Å²) >= 11 is 0. The van der Waals surface area contributed by atoms with Crippen molar-refractivity contribution >= 4 is 0 Å². The highest BCUT2D eigenvalue weighted by molar-refractivity contribution is 5.26. The maximum absolute atomic E-state index is 12.9. The zero-order valence-electron chi connectivity index (χ0n) is 10.7. The monoisotopic (exact) mass is 254 g/mol. The van der Waals surface area contributed by atoms with Gasteiger partial charge >= 0.3 is 0 Å². The molecule has 0 aromatic heterocycles. The maximum Gasteiger partial charge on any atom is 0.123 e. The molecule has 19 heavy (non-hydrogen) atoms. The summed E-state index contributed by atoms with van der Waals surface area (Å²) < 4.78 is 12.9. The number of nitrogens with one attached hydrogen (secondary N) is 1. The van der Waals surface area contributed by atoms with Crippen LogP contribution in [0.5, 0.6) is 0 Å². The van der Waals surface area contributed by atoms with Crippen molar-refractivity contribution in [1.82, 2.24) is 5.32 Å². The van der Waals surface area contributed by atoms with E-state index in [0.29, 0.717) is 0 Å². The molecule has 96 valence electrons. The van der Waals surface area contributed by atoms with E-state index < -0.39 is 6.04 Å². The van der Waals surface area contributed by atoms with E-state index in [4.69, 9.17) is 0 Å². The fraction of sp³-hybridized carbons (Fsp3) is 0.188. The lowest BCUT2D eigenvalue weighted by molar-refractivity contribution is 0.532. The van der Waals surface area contributed by atoms with Crippen molar-refractivity contribution in [2.24, 2.45) is 0 Å². The largest absolute Gasteiger partial charge is 0.292 e. The lowest BCUT2D eigenvalue weighted by Crippen LogP contribution is -2.23. The smallest absolute Gasteiger partial charge is 0.123 e. The molecule has 0 fully saturated rings. The third kappa shape index (κ3) is 3.40. The Balaban J connectivity index is 2.12. The van der Waals surface area contributed by atoms with Gasteiger partial charge < -0.3 is 0 Å². The topological polar surface area (TPSA) is 35.8 Å². The van der Waals surface area contributed by atoms with Crippen LogP contribution in [0.15, 0.2) is 54.6 Å². The van der Waals surface area contributed by atoms with Gasteiger partial charge in [0.25, 0.3) is 0 Å². The van der Waals surface area contributed by atoms with E-state index in [9.17, 15) is 9.65 Å². The predicted octanol–water partition coefficient (Wildman–Crippen LogP) is 3.74. The van der Waals surface area contributed by atoms with E-state index in [2.05, 4.69) is 11.4 Å². The molecule has 0 saturated carbocycles. The average Bonchev–Trinajstić information content (AvgIpc) is 2.46. The molecule has 2 aromatic carbocycles.